The maximum Gasteiger partial charge on any atom is 0.248 e. The molecule has 0 saturated heterocycles. The Morgan fingerprint density at radius 3 is 1.59 bits per heavy atom. The Kier molecular flexibility index (Phi) is 9.60. The smallest absolute Gasteiger partial charge is 0.238 e. The third-order valence-corrected chi connectivity index (χ3v) is 11.6. The van der Waals surface area contributed by atoms with Crippen LogP contribution in [0.15, 0.2) is 83.0 Å². The lowest BCUT2D eigenvalue weighted by Crippen LogP contribution is -2.41. The highest BCUT2D eigenvalue weighted by molar-refractivity contribution is 7.92. The average Bonchev–Trinajstić information content (AvgIpc) is 3.02. The summed E-state index contributed by atoms with van der Waals surface area (Å²) < 4.78 is 52.5. The van der Waals surface area contributed by atoms with Crippen molar-refractivity contribution in [3.8, 4) is 0 Å². The predicted molar refractivity (Wildman–Crippen MR) is 171 cm³/mol. The van der Waals surface area contributed by atoms with Gasteiger partial charge >= 0.3 is 0 Å². The fraction of sp³-hybridized carbons (Fsp3) is 0.412. The van der Waals surface area contributed by atoms with Crippen molar-refractivity contribution >= 4 is 19.7 Å². The molecule has 1 aliphatic carbocycles. The maximum absolute atomic E-state index is 13.1. The van der Waals surface area contributed by atoms with Crippen LogP contribution in [0.2, 0.25) is 0 Å². The molecule has 8 nitrogen and oxygen atoms in total. The van der Waals surface area contributed by atoms with Crippen molar-refractivity contribution in [2.24, 2.45) is 0 Å². The zero-order chi connectivity index (χ0) is 31.5. The molecule has 10 heteroatoms. The van der Waals surface area contributed by atoms with Crippen LogP contribution in [0, 0.1) is 0 Å². The molecular formula is C34H40N4O4S2. The molecule has 0 N–H and O–H groups in total. The highest BCUT2D eigenvalue weighted by atomic mass is 32.2. The summed E-state index contributed by atoms with van der Waals surface area (Å²) >= 11 is 0. The van der Waals surface area contributed by atoms with Gasteiger partial charge in [0.2, 0.25) is 15.0 Å². The zero-order valence-corrected chi connectivity index (χ0v) is 27.4. The molecule has 4 aromatic rings. The summed E-state index contributed by atoms with van der Waals surface area (Å²) in [5.41, 5.74) is 4.48. The van der Waals surface area contributed by atoms with Gasteiger partial charge in [-0.1, -0.05) is 94.8 Å². The lowest BCUT2D eigenvalue weighted by atomic mass is 9.50. The molecule has 5 rings (SSSR count). The van der Waals surface area contributed by atoms with E-state index in [1.165, 1.54) is 19.9 Å². The first-order valence-electron chi connectivity index (χ1n) is 15.4. The van der Waals surface area contributed by atoms with Crippen molar-refractivity contribution in [2.45, 2.75) is 87.2 Å². The predicted octanol–water partition coefficient (Wildman–Crippen LogP) is 6.21. The first kappa shape index (κ1) is 31.9. The minimum Gasteiger partial charge on any atom is -0.238 e. The zero-order valence-electron chi connectivity index (χ0n) is 25.7. The van der Waals surface area contributed by atoms with Crippen molar-refractivity contribution < 1.29 is 16.8 Å². The Hall–Kier alpha value is -3.50. The van der Waals surface area contributed by atoms with E-state index in [1.54, 1.807) is 0 Å². The number of benzene rings is 2. The molecule has 1 fully saturated rings. The third-order valence-electron chi connectivity index (χ3n) is 8.48. The van der Waals surface area contributed by atoms with Gasteiger partial charge in [0.1, 0.15) is 5.82 Å². The Balaban J connectivity index is 1.79. The summed E-state index contributed by atoms with van der Waals surface area (Å²) in [6.07, 6.45) is 3.51. The number of hydrogen-bond acceptors (Lipinski definition) is 8. The summed E-state index contributed by atoms with van der Waals surface area (Å²) in [7, 11) is -7.71. The van der Waals surface area contributed by atoms with Crippen LogP contribution in [0.1, 0.15) is 98.2 Å². The number of rotatable bonds is 12. The molecule has 2 heterocycles. The number of aromatic nitrogens is 4. The fourth-order valence-corrected chi connectivity index (χ4v) is 7.92. The van der Waals surface area contributed by atoms with Gasteiger partial charge in [-0.2, -0.15) is 0 Å². The van der Waals surface area contributed by atoms with Crippen LogP contribution in [0.5, 0.6) is 0 Å². The van der Waals surface area contributed by atoms with E-state index in [0.717, 1.165) is 54.0 Å². The van der Waals surface area contributed by atoms with Crippen LogP contribution < -0.4 is 0 Å². The molecule has 2 aromatic heterocycles. The SMILES string of the molecule is CCCc1cc([C@H]2[C@@H](c3ccccc3)[C@@H](c3cc(S(=O)(=O)CC)nc(S(=O)(=O)CC)n3)[C@@H]2c2ccccc2)nc(CCC)n1. The monoisotopic (exact) mass is 632 g/mol. The second-order valence-corrected chi connectivity index (χ2v) is 15.7. The van der Waals surface area contributed by atoms with Crippen molar-refractivity contribution in [3.05, 3.63) is 107 Å². The molecule has 44 heavy (non-hydrogen) atoms. The van der Waals surface area contributed by atoms with Gasteiger partial charge in [0.05, 0.1) is 17.2 Å². The molecule has 232 valence electrons. The molecule has 1 saturated carbocycles. The van der Waals surface area contributed by atoms with Gasteiger partial charge in [0.25, 0.3) is 0 Å². The highest BCUT2D eigenvalue weighted by Gasteiger charge is 2.54. The van der Waals surface area contributed by atoms with E-state index in [9.17, 15) is 16.8 Å². The first-order valence-corrected chi connectivity index (χ1v) is 18.7. The van der Waals surface area contributed by atoms with Crippen LogP contribution in [0.3, 0.4) is 0 Å². The second-order valence-electron chi connectivity index (χ2n) is 11.3. The maximum atomic E-state index is 13.1. The molecule has 0 amide bonds. The number of aryl methyl sites for hydroxylation is 2. The van der Waals surface area contributed by atoms with E-state index in [-0.39, 0.29) is 40.2 Å². The number of sulfone groups is 2. The highest BCUT2D eigenvalue weighted by Crippen LogP contribution is 2.66. The first-order chi connectivity index (χ1) is 21.1. The van der Waals surface area contributed by atoms with Gasteiger partial charge in [-0.3, -0.25) is 0 Å². The Bertz CT molecular complexity index is 1690. The number of hydrogen-bond donors (Lipinski definition) is 0. The normalized spacial score (nSPS) is 20.3. The van der Waals surface area contributed by atoms with Gasteiger partial charge in [-0.25, -0.2) is 36.8 Å². The molecular weight excluding hydrogens is 593 g/mol. The Morgan fingerprint density at radius 1 is 0.568 bits per heavy atom. The molecule has 1 aliphatic rings. The van der Waals surface area contributed by atoms with E-state index in [2.05, 4.69) is 54.1 Å². The van der Waals surface area contributed by atoms with Crippen LogP contribution in [0.4, 0.5) is 0 Å². The molecule has 2 aromatic carbocycles. The van der Waals surface area contributed by atoms with Crippen LogP contribution in [0.25, 0.3) is 0 Å². The minimum atomic E-state index is -3.89. The van der Waals surface area contributed by atoms with Gasteiger partial charge < -0.3 is 0 Å². The van der Waals surface area contributed by atoms with E-state index in [1.807, 2.05) is 36.4 Å². The second kappa shape index (κ2) is 13.2. The summed E-state index contributed by atoms with van der Waals surface area (Å²) in [4.78, 5) is 18.7. The van der Waals surface area contributed by atoms with Crippen LogP contribution >= 0.6 is 0 Å². The van der Waals surface area contributed by atoms with Crippen molar-refractivity contribution in [2.75, 3.05) is 11.5 Å². The van der Waals surface area contributed by atoms with Crippen molar-refractivity contribution in [3.63, 3.8) is 0 Å². The summed E-state index contributed by atoms with van der Waals surface area (Å²) in [5, 5.41) is -0.694. The van der Waals surface area contributed by atoms with Crippen molar-refractivity contribution in [1.29, 1.82) is 0 Å². The molecule has 0 radical (unpaired) electrons. The molecule has 0 bridgehead atoms. The topological polar surface area (TPSA) is 120 Å². The summed E-state index contributed by atoms with van der Waals surface area (Å²) in [6, 6.07) is 23.8. The molecule has 0 aliphatic heterocycles. The number of nitrogens with zero attached hydrogens (tertiary/aromatic N) is 4. The Morgan fingerprint density at radius 2 is 1.09 bits per heavy atom. The van der Waals surface area contributed by atoms with Gasteiger partial charge in [0.15, 0.2) is 14.9 Å². The average molecular weight is 633 g/mol. The van der Waals surface area contributed by atoms with E-state index in [0.29, 0.717) is 5.69 Å². The van der Waals surface area contributed by atoms with Crippen LogP contribution in [-0.4, -0.2) is 48.3 Å². The lowest BCUT2D eigenvalue weighted by Gasteiger charge is -2.52. The molecule has 2 atom stereocenters. The Labute approximate surface area is 261 Å². The lowest BCUT2D eigenvalue weighted by molar-refractivity contribution is 0.217. The van der Waals surface area contributed by atoms with E-state index >= 15 is 0 Å². The van der Waals surface area contributed by atoms with E-state index < -0.39 is 24.8 Å². The standard InChI is InChI=1S/C34H40N4O4S2/c1-5-15-25-21-26(36-28(35-25)16-6-2)32-30(23-17-11-9-12-18-23)33(31(32)24-19-13-10-14-20-24)27-22-29(43(39,40)7-3)38-34(37-27)44(41,42)8-4/h9-14,17-22,30-33H,5-8,15-16H2,1-4H3/t30-,31-,32-,33+/m1/s1. The summed E-state index contributed by atoms with van der Waals surface area (Å²) in [5.74, 6) is -0.316. The molecule has 0 spiro atoms. The van der Waals surface area contributed by atoms with Gasteiger partial charge in [-0.15, -0.1) is 0 Å². The minimum absolute atomic E-state index is 0.0774. The van der Waals surface area contributed by atoms with Gasteiger partial charge in [-0.05, 0) is 36.1 Å². The molecule has 0 unspecified atom stereocenters. The van der Waals surface area contributed by atoms with Crippen LogP contribution in [-0.2, 0) is 32.5 Å². The quantitative estimate of drug-likeness (QED) is 0.134. The summed E-state index contributed by atoms with van der Waals surface area (Å²) in [6.45, 7) is 7.29. The van der Waals surface area contributed by atoms with Gasteiger partial charge in [0, 0.05) is 41.5 Å². The fourth-order valence-electron chi connectivity index (χ4n) is 6.30. The largest absolute Gasteiger partial charge is 0.248 e. The third kappa shape index (κ3) is 6.33. The van der Waals surface area contributed by atoms with E-state index in [4.69, 9.17) is 9.97 Å². The van der Waals surface area contributed by atoms with Crippen molar-refractivity contribution in [1.82, 2.24) is 19.9 Å².